The summed E-state index contributed by atoms with van der Waals surface area (Å²) in [5.41, 5.74) is 0.529. The Bertz CT molecular complexity index is 412. The van der Waals surface area contributed by atoms with Gasteiger partial charge < -0.3 is 0 Å². The van der Waals surface area contributed by atoms with Crippen molar-refractivity contribution in [3.63, 3.8) is 0 Å². The van der Waals surface area contributed by atoms with E-state index in [1.807, 2.05) is 44.2 Å². The topological polar surface area (TPSA) is 35.5 Å². The molecule has 0 bridgehead atoms. The van der Waals surface area contributed by atoms with Crippen molar-refractivity contribution in [2.75, 3.05) is 0 Å². The van der Waals surface area contributed by atoms with Crippen molar-refractivity contribution in [3.05, 3.63) is 35.9 Å². The average molecular weight is 292 g/mol. The second-order valence-electron chi connectivity index (χ2n) is 6.08. The summed E-state index contributed by atoms with van der Waals surface area (Å²) in [7, 11) is 0. The lowest BCUT2D eigenvalue weighted by atomic mass is 9.99. The van der Waals surface area contributed by atoms with Crippen molar-refractivity contribution in [2.45, 2.75) is 71.5 Å². The van der Waals surface area contributed by atoms with E-state index < -0.39 is 5.60 Å². The van der Waals surface area contributed by atoms with E-state index in [4.69, 9.17) is 9.78 Å². The molecule has 0 fully saturated rings. The number of carbonyl (C=O) groups is 1. The van der Waals surface area contributed by atoms with Crippen molar-refractivity contribution in [3.8, 4) is 0 Å². The molecule has 1 rings (SSSR count). The first-order valence-corrected chi connectivity index (χ1v) is 7.85. The van der Waals surface area contributed by atoms with Gasteiger partial charge in [-0.1, -0.05) is 56.5 Å². The van der Waals surface area contributed by atoms with Crippen LogP contribution in [0.1, 0.15) is 65.4 Å². The maximum atomic E-state index is 11.3. The molecule has 0 heterocycles. The number of rotatable bonds is 10. The lowest BCUT2D eigenvalue weighted by Crippen LogP contribution is -2.26. The number of benzene rings is 1. The van der Waals surface area contributed by atoms with E-state index >= 15 is 0 Å². The molecule has 0 aromatic heterocycles. The van der Waals surface area contributed by atoms with E-state index in [2.05, 4.69) is 6.92 Å². The van der Waals surface area contributed by atoms with E-state index in [9.17, 15) is 4.79 Å². The zero-order valence-corrected chi connectivity index (χ0v) is 13.7. The van der Waals surface area contributed by atoms with Gasteiger partial charge >= 0.3 is 0 Å². The number of unbranched alkanes of at least 4 members (excludes halogenated alkanes) is 2. The molecule has 0 radical (unpaired) electrons. The molecule has 0 saturated heterocycles. The zero-order chi connectivity index (χ0) is 15.7. The maximum absolute atomic E-state index is 11.3. The third-order valence-electron chi connectivity index (χ3n) is 3.51. The highest BCUT2D eigenvalue weighted by Crippen LogP contribution is 2.26. The van der Waals surface area contributed by atoms with Crippen molar-refractivity contribution < 1.29 is 14.6 Å². The minimum Gasteiger partial charge on any atom is -0.300 e. The number of ketones is 1. The van der Waals surface area contributed by atoms with Gasteiger partial charge in [0.2, 0.25) is 0 Å². The highest BCUT2D eigenvalue weighted by Gasteiger charge is 2.25. The van der Waals surface area contributed by atoms with Crippen LogP contribution in [-0.2, 0) is 20.2 Å². The van der Waals surface area contributed by atoms with Crippen molar-refractivity contribution in [1.29, 1.82) is 0 Å². The number of hydrogen-bond donors (Lipinski definition) is 0. The van der Waals surface area contributed by atoms with Crippen LogP contribution in [0, 0.1) is 0 Å². The van der Waals surface area contributed by atoms with Gasteiger partial charge in [0.25, 0.3) is 0 Å². The Morgan fingerprint density at radius 2 is 1.86 bits per heavy atom. The molecule has 0 amide bonds. The first-order valence-electron chi connectivity index (χ1n) is 7.85. The Morgan fingerprint density at radius 3 is 2.43 bits per heavy atom. The molecule has 21 heavy (non-hydrogen) atoms. The van der Waals surface area contributed by atoms with E-state index in [-0.39, 0.29) is 11.9 Å². The monoisotopic (exact) mass is 292 g/mol. The van der Waals surface area contributed by atoms with Crippen LogP contribution in [0.2, 0.25) is 0 Å². The van der Waals surface area contributed by atoms with Gasteiger partial charge in [-0.25, -0.2) is 9.78 Å². The van der Waals surface area contributed by atoms with Crippen LogP contribution >= 0.6 is 0 Å². The van der Waals surface area contributed by atoms with E-state index in [1.54, 1.807) is 6.92 Å². The highest BCUT2D eigenvalue weighted by atomic mass is 17.2. The summed E-state index contributed by atoms with van der Waals surface area (Å²) in [5, 5.41) is 0. The second-order valence-corrected chi connectivity index (χ2v) is 6.08. The molecule has 1 aromatic carbocycles. The molecule has 0 saturated carbocycles. The zero-order valence-electron chi connectivity index (χ0n) is 13.7. The molecule has 0 spiro atoms. The van der Waals surface area contributed by atoms with Gasteiger partial charge in [-0.2, -0.15) is 0 Å². The predicted molar refractivity (Wildman–Crippen MR) is 84.9 cm³/mol. The molecule has 3 heteroatoms. The lowest BCUT2D eigenvalue weighted by molar-refractivity contribution is -0.382. The van der Waals surface area contributed by atoms with Gasteiger partial charge in [0, 0.05) is 6.42 Å². The van der Waals surface area contributed by atoms with Gasteiger partial charge in [-0.3, -0.25) is 4.79 Å². The Morgan fingerprint density at radius 1 is 1.19 bits per heavy atom. The molecule has 0 aliphatic heterocycles. The predicted octanol–water partition coefficient (Wildman–Crippen LogP) is 4.80. The van der Waals surface area contributed by atoms with Crippen LogP contribution in [0.5, 0.6) is 0 Å². The highest BCUT2D eigenvalue weighted by molar-refractivity contribution is 5.75. The van der Waals surface area contributed by atoms with Crippen molar-refractivity contribution in [1.82, 2.24) is 0 Å². The Kier molecular flexibility index (Phi) is 7.62. The summed E-state index contributed by atoms with van der Waals surface area (Å²) in [6, 6.07) is 9.97. The summed E-state index contributed by atoms with van der Waals surface area (Å²) in [4.78, 5) is 22.6. The summed E-state index contributed by atoms with van der Waals surface area (Å²) in [6.07, 6.45) is 4.48. The first-order chi connectivity index (χ1) is 9.95. The molecule has 1 atom stereocenters. The number of carbonyl (C=O) groups excluding carboxylic acids is 1. The molecule has 0 N–H and O–H groups in total. The van der Waals surface area contributed by atoms with Crippen LogP contribution in [0.25, 0.3) is 0 Å². The average Bonchev–Trinajstić information content (AvgIpc) is 2.45. The third-order valence-corrected chi connectivity index (χ3v) is 3.51. The number of hydrogen-bond acceptors (Lipinski definition) is 3. The van der Waals surface area contributed by atoms with Gasteiger partial charge in [0.1, 0.15) is 11.4 Å². The normalized spacial score (nSPS) is 13.1. The first kappa shape index (κ1) is 17.9. The summed E-state index contributed by atoms with van der Waals surface area (Å²) >= 11 is 0. The standard InChI is InChI=1S/C18H28O3/c1-5-6-8-13-17(14-15(2)19)20-21-18(3,4)16-11-9-7-10-12-16/h7,9-12,17H,5-6,8,13-14H2,1-4H3/t17-/m1/s1. The van der Waals surface area contributed by atoms with Gasteiger partial charge in [0.15, 0.2) is 0 Å². The molecular weight excluding hydrogens is 264 g/mol. The largest absolute Gasteiger partial charge is 0.300 e. The summed E-state index contributed by atoms with van der Waals surface area (Å²) in [5.74, 6) is 0.137. The van der Waals surface area contributed by atoms with Crippen LogP contribution in [-0.4, -0.2) is 11.9 Å². The summed E-state index contributed by atoms with van der Waals surface area (Å²) in [6.45, 7) is 7.70. The van der Waals surface area contributed by atoms with Crippen molar-refractivity contribution in [2.24, 2.45) is 0 Å². The Hall–Kier alpha value is -1.19. The Labute approximate surface area is 128 Å². The van der Waals surface area contributed by atoms with Crippen molar-refractivity contribution >= 4 is 5.78 Å². The molecule has 3 nitrogen and oxygen atoms in total. The summed E-state index contributed by atoms with van der Waals surface area (Å²) < 4.78 is 0. The van der Waals surface area contributed by atoms with Gasteiger partial charge in [0.05, 0.1) is 6.10 Å². The lowest BCUT2D eigenvalue weighted by Gasteiger charge is -2.27. The Balaban J connectivity index is 2.56. The van der Waals surface area contributed by atoms with Gasteiger partial charge in [-0.15, -0.1) is 0 Å². The van der Waals surface area contributed by atoms with E-state index in [1.165, 1.54) is 0 Å². The van der Waals surface area contributed by atoms with E-state index in [0.717, 1.165) is 31.2 Å². The number of Topliss-reactive ketones (excluding diaryl/α,β-unsaturated/α-hetero) is 1. The molecule has 118 valence electrons. The van der Waals surface area contributed by atoms with Crippen LogP contribution in [0.4, 0.5) is 0 Å². The van der Waals surface area contributed by atoms with Crippen LogP contribution in [0.3, 0.4) is 0 Å². The maximum Gasteiger partial charge on any atom is 0.132 e. The fraction of sp³-hybridized carbons (Fsp3) is 0.611. The fourth-order valence-corrected chi connectivity index (χ4v) is 2.20. The fourth-order valence-electron chi connectivity index (χ4n) is 2.20. The molecular formula is C18H28O3. The van der Waals surface area contributed by atoms with Gasteiger partial charge in [-0.05, 0) is 32.8 Å². The molecule has 0 aliphatic rings. The van der Waals surface area contributed by atoms with Crippen LogP contribution < -0.4 is 0 Å². The minimum atomic E-state index is -0.527. The van der Waals surface area contributed by atoms with E-state index in [0.29, 0.717) is 6.42 Å². The SMILES string of the molecule is CCCCC[C@H](CC(C)=O)OOC(C)(C)c1ccccc1. The van der Waals surface area contributed by atoms with Crippen LogP contribution in [0.15, 0.2) is 30.3 Å². The third kappa shape index (κ3) is 6.87. The second kappa shape index (κ2) is 8.96. The molecule has 0 aliphatic carbocycles. The quantitative estimate of drug-likeness (QED) is 0.353. The molecule has 1 aromatic rings. The minimum absolute atomic E-state index is 0.137. The smallest absolute Gasteiger partial charge is 0.132 e. The molecule has 0 unspecified atom stereocenters.